The molecule has 0 fully saturated rings. The molecular weight excluding hydrogens is 298 g/mol. The molecule has 1 rings (SSSR count). The van der Waals surface area contributed by atoms with Crippen LogP contribution in [0.3, 0.4) is 0 Å². The third-order valence-electron chi connectivity index (χ3n) is 2.62. The number of anilines is 1. The molecule has 1 aromatic carbocycles. The molecule has 0 aromatic heterocycles. The number of primary sulfonamides is 1. The summed E-state index contributed by atoms with van der Waals surface area (Å²) in [5.41, 5.74) is 0.320. The second kappa shape index (κ2) is 7.04. The summed E-state index contributed by atoms with van der Waals surface area (Å²) in [5, 5.41) is 18.6. The van der Waals surface area contributed by atoms with Crippen LogP contribution in [0.2, 0.25) is 0 Å². The molecule has 8 nitrogen and oxygen atoms in total. The molecule has 1 aromatic rings. The number of amides is 2. The Morgan fingerprint density at radius 1 is 1.29 bits per heavy atom. The number of nitrogens with two attached hydrogens (primary N) is 1. The lowest BCUT2D eigenvalue weighted by Gasteiger charge is -2.14. The van der Waals surface area contributed by atoms with Crippen LogP contribution in [-0.2, 0) is 14.8 Å². The van der Waals surface area contributed by atoms with E-state index in [-0.39, 0.29) is 4.90 Å². The van der Waals surface area contributed by atoms with Crippen LogP contribution in [0, 0.1) is 0 Å². The Balaban J connectivity index is 2.68. The Bertz CT molecular complexity index is 612. The molecule has 5 N–H and O–H groups in total. The number of urea groups is 1. The number of sulfonamides is 1. The van der Waals surface area contributed by atoms with E-state index in [9.17, 15) is 18.0 Å². The molecule has 0 unspecified atom stereocenters. The molecule has 21 heavy (non-hydrogen) atoms. The summed E-state index contributed by atoms with van der Waals surface area (Å²) in [5.74, 6) is -1.11. The van der Waals surface area contributed by atoms with Crippen molar-refractivity contribution < 1.29 is 23.1 Å². The van der Waals surface area contributed by atoms with Gasteiger partial charge in [0.15, 0.2) is 0 Å². The lowest BCUT2D eigenvalue weighted by molar-refractivity contribution is -0.139. The minimum atomic E-state index is -3.79. The number of carboxylic acid groups (broad SMARTS) is 1. The molecule has 1 atom stereocenters. The molecule has 2 amide bonds. The minimum Gasteiger partial charge on any atom is -0.480 e. The van der Waals surface area contributed by atoms with Gasteiger partial charge in [-0.2, -0.15) is 0 Å². The molecular formula is C12H17N3O5S. The zero-order valence-corrected chi connectivity index (χ0v) is 12.2. The van der Waals surface area contributed by atoms with Crippen LogP contribution in [0.15, 0.2) is 29.2 Å². The van der Waals surface area contributed by atoms with Gasteiger partial charge in [0.2, 0.25) is 10.0 Å². The maximum Gasteiger partial charge on any atom is 0.326 e. The van der Waals surface area contributed by atoms with E-state index in [1.165, 1.54) is 24.3 Å². The second-order valence-corrected chi connectivity index (χ2v) is 5.91. The summed E-state index contributed by atoms with van der Waals surface area (Å²) in [6, 6.07) is 3.54. The zero-order chi connectivity index (χ0) is 16.0. The highest BCUT2D eigenvalue weighted by Gasteiger charge is 2.18. The average Bonchev–Trinajstić information content (AvgIpc) is 2.37. The fraction of sp³-hybridized carbons (Fsp3) is 0.333. The van der Waals surface area contributed by atoms with Crippen LogP contribution in [0.5, 0.6) is 0 Å². The van der Waals surface area contributed by atoms with E-state index in [4.69, 9.17) is 10.2 Å². The van der Waals surface area contributed by atoms with Crippen molar-refractivity contribution in [3.8, 4) is 0 Å². The minimum absolute atomic E-state index is 0.0807. The summed E-state index contributed by atoms with van der Waals surface area (Å²) in [6.07, 6.45) is 0.924. The number of rotatable bonds is 6. The van der Waals surface area contributed by atoms with Gasteiger partial charge in [-0.05, 0) is 30.7 Å². The van der Waals surface area contributed by atoms with E-state index in [0.29, 0.717) is 18.5 Å². The van der Waals surface area contributed by atoms with Crippen molar-refractivity contribution in [3.05, 3.63) is 24.3 Å². The number of carbonyl (C=O) groups excluding carboxylic acids is 1. The first-order chi connectivity index (χ1) is 9.74. The van der Waals surface area contributed by atoms with Crippen molar-refractivity contribution in [1.82, 2.24) is 5.32 Å². The normalized spacial score (nSPS) is 12.5. The SMILES string of the molecule is CCC[C@H](NC(=O)Nc1ccc(S(N)(=O)=O)cc1)C(=O)O. The van der Waals surface area contributed by atoms with Gasteiger partial charge in [-0.25, -0.2) is 23.1 Å². The van der Waals surface area contributed by atoms with Crippen LogP contribution in [0.1, 0.15) is 19.8 Å². The molecule has 116 valence electrons. The maximum absolute atomic E-state index is 11.7. The molecule has 0 saturated heterocycles. The van der Waals surface area contributed by atoms with Crippen LogP contribution in [-0.4, -0.2) is 31.6 Å². The van der Waals surface area contributed by atoms with E-state index < -0.39 is 28.1 Å². The van der Waals surface area contributed by atoms with E-state index >= 15 is 0 Å². The fourth-order valence-corrected chi connectivity index (χ4v) is 2.11. The predicted octanol–water partition coefficient (Wildman–Crippen LogP) is 0.709. The van der Waals surface area contributed by atoms with Gasteiger partial charge >= 0.3 is 12.0 Å². The lowest BCUT2D eigenvalue weighted by Crippen LogP contribution is -2.42. The van der Waals surface area contributed by atoms with Crippen molar-refractivity contribution in [2.45, 2.75) is 30.7 Å². The molecule has 0 aliphatic carbocycles. The quantitative estimate of drug-likeness (QED) is 0.612. The molecule has 0 bridgehead atoms. The topological polar surface area (TPSA) is 139 Å². The van der Waals surface area contributed by atoms with Gasteiger partial charge in [-0.1, -0.05) is 13.3 Å². The second-order valence-electron chi connectivity index (χ2n) is 4.35. The van der Waals surface area contributed by atoms with Crippen LogP contribution < -0.4 is 15.8 Å². The number of aliphatic carboxylic acids is 1. The molecule has 0 radical (unpaired) electrons. The number of hydrogen-bond donors (Lipinski definition) is 4. The van der Waals surface area contributed by atoms with Crippen molar-refractivity contribution in [3.63, 3.8) is 0 Å². The third-order valence-corrected chi connectivity index (χ3v) is 3.55. The Morgan fingerprint density at radius 2 is 1.86 bits per heavy atom. The predicted molar refractivity (Wildman–Crippen MR) is 76.3 cm³/mol. The van der Waals surface area contributed by atoms with Crippen molar-refractivity contribution in [1.29, 1.82) is 0 Å². The van der Waals surface area contributed by atoms with Gasteiger partial charge in [0.05, 0.1) is 4.90 Å². The molecule has 0 saturated carbocycles. The summed E-state index contributed by atoms with van der Waals surface area (Å²) in [7, 11) is -3.79. The van der Waals surface area contributed by atoms with E-state index in [2.05, 4.69) is 10.6 Å². The maximum atomic E-state index is 11.7. The van der Waals surface area contributed by atoms with Gasteiger partial charge in [-0.15, -0.1) is 0 Å². The van der Waals surface area contributed by atoms with Crippen LogP contribution in [0.25, 0.3) is 0 Å². The van der Waals surface area contributed by atoms with E-state index in [1.807, 2.05) is 6.92 Å². The molecule has 0 aliphatic heterocycles. The van der Waals surface area contributed by atoms with Crippen molar-refractivity contribution in [2.75, 3.05) is 5.32 Å². The van der Waals surface area contributed by atoms with Gasteiger partial charge < -0.3 is 15.7 Å². The third kappa shape index (κ3) is 5.40. The number of hydrogen-bond acceptors (Lipinski definition) is 4. The summed E-state index contributed by atoms with van der Waals surface area (Å²) in [4.78, 5) is 22.5. The first kappa shape index (κ1) is 16.9. The van der Waals surface area contributed by atoms with Gasteiger partial charge in [-0.3, -0.25) is 0 Å². The van der Waals surface area contributed by atoms with Crippen molar-refractivity contribution in [2.24, 2.45) is 5.14 Å². The zero-order valence-electron chi connectivity index (χ0n) is 11.4. The highest BCUT2D eigenvalue weighted by Crippen LogP contribution is 2.12. The Morgan fingerprint density at radius 3 is 2.29 bits per heavy atom. The van der Waals surface area contributed by atoms with E-state index in [1.54, 1.807) is 0 Å². The Kier molecular flexibility index (Phi) is 5.68. The number of nitrogens with one attached hydrogen (secondary N) is 2. The summed E-state index contributed by atoms with van der Waals surface area (Å²) in [6.45, 7) is 1.81. The monoisotopic (exact) mass is 315 g/mol. The first-order valence-electron chi connectivity index (χ1n) is 6.17. The number of carbonyl (C=O) groups is 2. The largest absolute Gasteiger partial charge is 0.480 e. The molecule has 0 aliphatic rings. The van der Waals surface area contributed by atoms with Crippen LogP contribution >= 0.6 is 0 Å². The summed E-state index contributed by atoms with van der Waals surface area (Å²) < 4.78 is 22.1. The Hall–Kier alpha value is -2.13. The highest BCUT2D eigenvalue weighted by molar-refractivity contribution is 7.89. The van der Waals surface area contributed by atoms with Gasteiger partial charge in [0.1, 0.15) is 6.04 Å². The van der Waals surface area contributed by atoms with Gasteiger partial charge in [0, 0.05) is 5.69 Å². The highest BCUT2D eigenvalue weighted by atomic mass is 32.2. The summed E-state index contributed by atoms with van der Waals surface area (Å²) >= 11 is 0. The van der Waals surface area contributed by atoms with Gasteiger partial charge in [0.25, 0.3) is 0 Å². The van der Waals surface area contributed by atoms with Crippen LogP contribution in [0.4, 0.5) is 10.5 Å². The van der Waals surface area contributed by atoms with E-state index in [0.717, 1.165) is 0 Å². The fourth-order valence-electron chi connectivity index (χ4n) is 1.60. The molecule has 9 heteroatoms. The molecule has 0 spiro atoms. The first-order valence-corrected chi connectivity index (χ1v) is 7.72. The lowest BCUT2D eigenvalue weighted by atomic mass is 10.2. The standard InChI is InChI=1S/C12H17N3O5S/c1-2-3-10(11(16)17)15-12(18)14-8-4-6-9(7-5-8)21(13,19)20/h4-7,10H,2-3H2,1H3,(H,16,17)(H2,13,19,20)(H2,14,15,18)/t10-/m0/s1. The van der Waals surface area contributed by atoms with Crippen molar-refractivity contribution >= 4 is 27.7 Å². The number of benzene rings is 1. The number of carboxylic acids is 1. The average molecular weight is 315 g/mol. The Labute approximate surface area is 122 Å². The molecule has 0 heterocycles. The smallest absolute Gasteiger partial charge is 0.326 e.